The molecule has 0 aromatic heterocycles. The number of hydrogen-bond donors (Lipinski definition) is 0. The SMILES string of the molecule is O=CN(CC1(c2cccc(C(F)(F)F)c2)CCN(Cc2ccccc2)CC1)CC1(c2cccc(C(F)(F)F)c2)CCN(Cc2ccccc2)CC1. The Morgan fingerprint density at radius 2 is 0.922 bits per heavy atom. The van der Waals surface area contributed by atoms with Crippen molar-refractivity contribution in [1.82, 2.24) is 14.7 Å². The molecule has 4 nitrogen and oxygen atoms in total. The van der Waals surface area contributed by atoms with E-state index in [2.05, 4.69) is 9.80 Å². The van der Waals surface area contributed by atoms with Gasteiger partial charge in [0.1, 0.15) is 0 Å². The van der Waals surface area contributed by atoms with Crippen LogP contribution in [0.2, 0.25) is 0 Å². The zero-order chi connectivity index (χ0) is 36.1. The molecule has 0 radical (unpaired) electrons. The van der Waals surface area contributed by atoms with Gasteiger partial charge in [-0.05, 0) is 86.2 Å². The van der Waals surface area contributed by atoms with E-state index in [9.17, 15) is 31.1 Å². The second-order valence-corrected chi connectivity index (χ2v) is 14.3. The van der Waals surface area contributed by atoms with Crippen LogP contribution in [0.25, 0.3) is 0 Å². The van der Waals surface area contributed by atoms with Gasteiger partial charge in [0.2, 0.25) is 6.41 Å². The van der Waals surface area contributed by atoms with Crippen LogP contribution in [0.3, 0.4) is 0 Å². The predicted molar refractivity (Wildman–Crippen MR) is 186 cm³/mol. The Bertz CT molecular complexity index is 1600. The highest BCUT2D eigenvalue weighted by Crippen LogP contribution is 2.43. The molecule has 0 unspecified atom stereocenters. The van der Waals surface area contributed by atoms with E-state index in [0.717, 1.165) is 29.7 Å². The minimum Gasteiger partial charge on any atom is -0.343 e. The molecular formula is C41H43F6N3O. The highest BCUT2D eigenvalue weighted by atomic mass is 19.4. The number of carbonyl (C=O) groups is 1. The summed E-state index contributed by atoms with van der Waals surface area (Å²) in [7, 11) is 0. The van der Waals surface area contributed by atoms with Gasteiger partial charge in [-0.2, -0.15) is 26.3 Å². The zero-order valence-electron chi connectivity index (χ0n) is 28.5. The van der Waals surface area contributed by atoms with E-state index < -0.39 is 34.3 Å². The first-order valence-corrected chi connectivity index (χ1v) is 17.5. The molecule has 270 valence electrons. The van der Waals surface area contributed by atoms with E-state index in [4.69, 9.17) is 0 Å². The molecule has 51 heavy (non-hydrogen) atoms. The van der Waals surface area contributed by atoms with Gasteiger partial charge in [0.15, 0.2) is 0 Å². The van der Waals surface area contributed by atoms with Crippen LogP contribution in [0.5, 0.6) is 0 Å². The molecule has 0 spiro atoms. The van der Waals surface area contributed by atoms with Crippen LogP contribution in [0, 0.1) is 0 Å². The van der Waals surface area contributed by atoms with Crippen molar-refractivity contribution in [3.8, 4) is 0 Å². The second kappa shape index (κ2) is 15.2. The van der Waals surface area contributed by atoms with Crippen LogP contribution in [0.1, 0.15) is 59.1 Å². The molecule has 0 atom stereocenters. The van der Waals surface area contributed by atoms with E-state index >= 15 is 0 Å². The molecule has 0 aliphatic carbocycles. The fraction of sp³-hybridized carbons (Fsp3) is 0.390. The van der Waals surface area contributed by atoms with E-state index in [1.807, 2.05) is 60.7 Å². The number of carbonyl (C=O) groups excluding carboxylic acids is 1. The molecule has 0 saturated carbocycles. The summed E-state index contributed by atoms with van der Waals surface area (Å²) >= 11 is 0. The monoisotopic (exact) mass is 707 g/mol. The van der Waals surface area contributed by atoms with Crippen LogP contribution >= 0.6 is 0 Å². The molecule has 4 aromatic carbocycles. The molecule has 2 fully saturated rings. The number of likely N-dealkylation sites (tertiary alicyclic amines) is 2. The summed E-state index contributed by atoms with van der Waals surface area (Å²) in [6.45, 7) is 4.19. The van der Waals surface area contributed by atoms with E-state index in [0.29, 0.717) is 76.1 Å². The Balaban J connectivity index is 1.30. The molecule has 1 amide bonds. The Hall–Kier alpha value is -4.15. The zero-order valence-corrected chi connectivity index (χ0v) is 28.5. The number of nitrogens with zero attached hydrogens (tertiary/aromatic N) is 3. The fourth-order valence-electron chi connectivity index (χ4n) is 8.00. The molecule has 2 saturated heterocycles. The minimum atomic E-state index is -4.53. The van der Waals surface area contributed by atoms with Crippen LogP contribution in [0.15, 0.2) is 109 Å². The number of amides is 1. The number of alkyl halides is 6. The molecule has 4 aromatic rings. The van der Waals surface area contributed by atoms with Crippen molar-refractivity contribution in [2.75, 3.05) is 39.3 Å². The molecule has 6 rings (SSSR count). The van der Waals surface area contributed by atoms with Gasteiger partial charge in [0, 0.05) is 37.0 Å². The van der Waals surface area contributed by atoms with Gasteiger partial charge in [-0.1, -0.05) is 97.1 Å². The smallest absolute Gasteiger partial charge is 0.343 e. The van der Waals surface area contributed by atoms with Gasteiger partial charge < -0.3 is 4.90 Å². The third-order valence-electron chi connectivity index (χ3n) is 10.9. The second-order valence-electron chi connectivity index (χ2n) is 14.3. The van der Waals surface area contributed by atoms with E-state index in [-0.39, 0.29) is 13.1 Å². The van der Waals surface area contributed by atoms with Crippen molar-refractivity contribution >= 4 is 6.41 Å². The van der Waals surface area contributed by atoms with Gasteiger partial charge in [-0.3, -0.25) is 14.6 Å². The van der Waals surface area contributed by atoms with Crippen molar-refractivity contribution in [2.24, 2.45) is 0 Å². The third-order valence-corrected chi connectivity index (χ3v) is 10.9. The van der Waals surface area contributed by atoms with Crippen molar-refractivity contribution in [2.45, 2.75) is 62.0 Å². The lowest BCUT2D eigenvalue weighted by atomic mass is 9.69. The number of hydrogen-bond acceptors (Lipinski definition) is 3. The van der Waals surface area contributed by atoms with Crippen LogP contribution < -0.4 is 0 Å². The van der Waals surface area contributed by atoms with Crippen molar-refractivity contribution in [3.05, 3.63) is 143 Å². The number of rotatable bonds is 11. The Labute approximate surface area is 295 Å². The Kier molecular flexibility index (Phi) is 10.9. The lowest BCUT2D eigenvalue weighted by Gasteiger charge is -2.48. The summed E-state index contributed by atoms with van der Waals surface area (Å²) in [4.78, 5) is 19.2. The molecule has 2 aliphatic heterocycles. The Morgan fingerprint density at radius 3 is 1.25 bits per heavy atom. The van der Waals surface area contributed by atoms with Crippen LogP contribution in [-0.2, 0) is 41.1 Å². The summed E-state index contributed by atoms with van der Waals surface area (Å²) in [5, 5.41) is 0. The van der Waals surface area contributed by atoms with Gasteiger partial charge in [0.25, 0.3) is 0 Å². The summed E-state index contributed by atoms with van der Waals surface area (Å²) in [6.07, 6.45) is -6.25. The highest BCUT2D eigenvalue weighted by Gasteiger charge is 2.44. The first-order chi connectivity index (χ1) is 24.4. The van der Waals surface area contributed by atoms with Crippen LogP contribution in [-0.4, -0.2) is 60.4 Å². The summed E-state index contributed by atoms with van der Waals surface area (Å²) < 4.78 is 83.8. The standard InChI is InChI=1S/C41H43F6N3O/c42-40(43,44)36-15-7-13-34(25-36)38(17-21-48(22-18-38)27-32-9-3-1-4-10-32)29-50(31-51)30-39(35-14-8-16-37(26-35)41(45,46)47)19-23-49(24-20-39)28-33-11-5-2-6-12-33/h1-16,25-26,31H,17-24,27-30H2. The molecule has 0 bridgehead atoms. The van der Waals surface area contributed by atoms with E-state index in [1.54, 1.807) is 17.0 Å². The van der Waals surface area contributed by atoms with Gasteiger partial charge in [-0.15, -0.1) is 0 Å². The first-order valence-electron chi connectivity index (χ1n) is 17.5. The molecule has 10 heteroatoms. The maximum atomic E-state index is 14.0. The normalized spacial score (nSPS) is 18.3. The quantitative estimate of drug-likeness (QED) is 0.115. The van der Waals surface area contributed by atoms with Gasteiger partial charge in [0.05, 0.1) is 11.1 Å². The number of halogens is 6. The third kappa shape index (κ3) is 8.84. The Morgan fingerprint density at radius 1 is 0.549 bits per heavy atom. The molecule has 2 heterocycles. The molecular weight excluding hydrogens is 664 g/mol. The maximum absolute atomic E-state index is 14.0. The fourth-order valence-corrected chi connectivity index (χ4v) is 8.00. The van der Waals surface area contributed by atoms with Crippen molar-refractivity contribution < 1.29 is 31.1 Å². The van der Waals surface area contributed by atoms with E-state index in [1.165, 1.54) is 24.3 Å². The lowest BCUT2D eigenvalue weighted by molar-refractivity contribution is -0.138. The topological polar surface area (TPSA) is 26.8 Å². The summed E-state index contributed by atoms with van der Waals surface area (Å²) in [6, 6.07) is 30.8. The lowest BCUT2D eigenvalue weighted by Crippen LogP contribution is -2.53. The first kappa shape index (κ1) is 36.6. The average molecular weight is 708 g/mol. The number of benzene rings is 4. The summed E-state index contributed by atoms with van der Waals surface area (Å²) in [5.41, 5.74) is 0.283. The predicted octanol–water partition coefficient (Wildman–Crippen LogP) is 8.95. The highest BCUT2D eigenvalue weighted by molar-refractivity contribution is 5.49. The van der Waals surface area contributed by atoms with Crippen LogP contribution in [0.4, 0.5) is 26.3 Å². The number of piperidine rings is 2. The molecule has 0 N–H and O–H groups in total. The van der Waals surface area contributed by atoms with Gasteiger partial charge in [-0.25, -0.2) is 0 Å². The van der Waals surface area contributed by atoms with Crippen molar-refractivity contribution in [3.63, 3.8) is 0 Å². The van der Waals surface area contributed by atoms with Gasteiger partial charge >= 0.3 is 12.4 Å². The average Bonchev–Trinajstić information content (AvgIpc) is 3.13. The summed E-state index contributed by atoms with van der Waals surface area (Å²) in [5.74, 6) is 0. The molecule has 2 aliphatic rings. The van der Waals surface area contributed by atoms with Crippen molar-refractivity contribution in [1.29, 1.82) is 0 Å². The largest absolute Gasteiger partial charge is 0.416 e. The maximum Gasteiger partial charge on any atom is 0.416 e. The minimum absolute atomic E-state index is 0.158.